The van der Waals surface area contributed by atoms with Gasteiger partial charge in [0.15, 0.2) is 11.6 Å². The molecule has 4 N–H and O–H groups in total. The number of H-pyrrole nitrogens is 1. The third-order valence-electron chi connectivity index (χ3n) is 6.55. The van der Waals surface area contributed by atoms with Crippen molar-refractivity contribution in [2.24, 2.45) is 5.73 Å². The van der Waals surface area contributed by atoms with Gasteiger partial charge in [-0.05, 0) is 61.4 Å². The van der Waals surface area contributed by atoms with E-state index in [9.17, 15) is 14.0 Å². The third-order valence-corrected chi connectivity index (χ3v) is 6.55. The number of benzene rings is 3. The topological polar surface area (TPSA) is 100 Å². The molecule has 3 aromatic carbocycles. The molecule has 5 rings (SSSR count). The first-order valence-electron chi connectivity index (χ1n) is 11.5. The van der Waals surface area contributed by atoms with Gasteiger partial charge >= 0.3 is 0 Å². The van der Waals surface area contributed by atoms with Gasteiger partial charge in [-0.1, -0.05) is 12.1 Å². The number of hydrogen-bond donors (Lipinski definition) is 3. The molecule has 0 spiro atoms. The van der Waals surface area contributed by atoms with Crippen LogP contribution in [-0.4, -0.2) is 54.0 Å². The van der Waals surface area contributed by atoms with Gasteiger partial charge in [0.2, 0.25) is 0 Å². The van der Waals surface area contributed by atoms with Gasteiger partial charge in [-0.2, -0.15) is 0 Å². The van der Waals surface area contributed by atoms with Gasteiger partial charge in [0.1, 0.15) is 0 Å². The Hall–Kier alpha value is -3.91. The van der Waals surface area contributed by atoms with Crippen LogP contribution in [0.3, 0.4) is 0 Å². The lowest BCUT2D eigenvalue weighted by Gasteiger charge is -2.36. The fraction of sp³-hybridized carbons (Fsp3) is 0.259. The quantitative estimate of drug-likeness (QED) is 0.415. The van der Waals surface area contributed by atoms with Crippen molar-refractivity contribution in [2.75, 3.05) is 20.2 Å². The molecule has 0 unspecified atom stereocenters. The van der Waals surface area contributed by atoms with Crippen LogP contribution in [0.5, 0.6) is 5.75 Å². The highest BCUT2D eigenvalue weighted by atomic mass is 19.1. The van der Waals surface area contributed by atoms with E-state index in [4.69, 9.17) is 10.5 Å². The largest absolute Gasteiger partial charge is 0.494 e. The van der Waals surface area contributed by atoms with E-state index in [1.165, 1.54) is 13.2 Å². The van der Waals surface area contributed by atoms with Crippen LogP contribution in [0.15, 0.2) is 48.5 Å². The number of aromatic nitrogens is 1. The molecule has 0 aliphatic carbocycles. The van der Waals surface area contributed by atoms with Crippen LogP contribution in [0, 0.1) is 5.82 Å². The van der Waals surface area contributed by atoms with Crippen molar-refractivity contribution >= 4 is 33.6 Å². The number of piperazine rings is 1. The zero-order chi connectivity index (χ0) is 24.9. The molecule has 1 aliphatic rings. The van der Waals surface area contributed by atoms with Crippen LogP contribution in [0.25, 0.3) is 32.9 Å². The van der Waals surface area contributed by atoms with E-state index in [0.717, 1.165) is 16.3 Å². The van der Waals surface area contributed by atoms with Gasteiger partial charge in [0.25, 0.3) is 11.8 Å². The normalized spacial score (nSPS) is 18.2. The van der Waals surface area contributed by atoms with E-state index in [2.05, 4.69) is 24.1 Å². The van der Waals surface area contributed by atoms with Crippen LogP contribution in [0.1, 0.15) is 34.6 Å². The maximum atomic E-state index is 14.4. The Balaban J connectivity index is 1.61. The molecule has 4 aromatic rings. The molecule has 1 saturated heterocycles. The highest BCUT2D eigenvalue weighted by Crippen LogP contribution is 2.34. The van der Waals surface area contributed by atoms with E-state index >= 15 is 0 Å². The molecular formula is C27H27FN4O3. The fourth-order valence-electron chi connectivity index (χ4n) is 5.02. The number of amides is 2. The zero-order valence-electron chi connectivity index (χ0n) is 19.8. The summed E-state index contributed by atoms with van der Waals surface area (Å²) in [6, 6.07) is 14.1. The Labute approximate surface area is 202 Å². The highest BCUT2D eigenvalue weighted by molar-refractivity contribution is 6.17. The Bertz CT molecular complexity index is 1470. The minimum atomic E-state index is -0.600. The molecule has 35 heavy (non-hydrogen) atoms. The molecule has 7 nitrogen and oxygen atoms in total. The standard InChI is InChI=1S/C27H27FN4O3/c1-14-12-32(13-15(2)30-14)27(34)17-4-6-19-20-8-18(16-5-7-24(35-3)22(28)10-16)9-21(26(29)33)25(20)31-23(19)11-17/h4-11,14-15,30-31H,12-13H2,1-3H3,(H2,29,33)/t14-,15+. The van der Waals surface area contributed by atoms with Crippen molar-refractivity contribution in [3.63, 3.8) is 0 Å². The second kappa shape index (κ2) is 8.70. The number of methoxy groups -OCH3 is 1. The number of ether oxygens (including phenoxy) is 1. The van der Waals surface area contributed by atoms with Crippen LogP contribution < -0.4 is 15.8 Å². The van der Waals surface area contributed by atoms with E-state index < -0.39 is 11.7 Å². The fourth-order valence-corrected chi connectivity index (χ4v) is 5.02. The lowest BCUT2D eigenvalue weighted by Crippen LogP contribution is -2.55. The van der Waals surface area contributed by atoms with Crippen LogP contribution >= 0.6 is 0 Å². The van der Waals surface area contributed by atoms with Gasteiger partial charge in [0, 0.05) is 47.0 Å². The lowest BCUT2D eigenvalue weighted by atomic mass is 9.98. The van der Waals surface area contributed by atoms with E-state index in [1.807, 2.05) is 23.1 Å². The van der Waals surface area contributed by atoms with E-state index in [0.29, 0.717) is 40.9 Å². The molecule has 2 heterocycles. The molecule has 0 saturated carbocycles. The second-order valence-corrected chi connectivity index (χ2v) is 9.22. The summed E-state index contributed by atoms with van der Waals surface area (Å²) >= 11 is 0. The van der Waals surface area contributed by atoms with Crippen LogP contribution in [0.4, 0.5) is 4.39 Å². The number of primary amides is 1. The maximum Gasteiger partial charge on any atom is 0.254 e. The van der Waals surface area contributed by atoms with Crippen molar-refractivity contribution in [1.29, 1.82) is 0 Å². The predicted octanol–water partition coefficient (Wildman–Crippen LogP) is 4.06. The first-order chi connectivity index (χ1) is 16.7. The molecule has 180 valence electrons. The van der Waals surface area contributed by atoms with Crippen molar-refractivity contribution in [3.8, 4) is 16.9 Å². The number of carbonyl (C=O) groups is 2. The Morgan fingerprint density at radius 1 is 1.00 bits per heavy atom. The number of fused-ring (bicyclic) bond motifs is 3. The van der Waals surface area contributed by atoms with Crippen LogP contribution in [0.2, 0.25) is 0 Å². The SMILES string of the molecule is COc1ccc(-c2cc(C(N)=O)c3[nH]c4cc(C(=O)N5C[C@@H](C)N[C@@H](C)C5)ccc4c3c2)cc1F. The number of aromatic amines is 1. The number of carbonyl (C=O) groups excluding carboxylic acids is 2. The number of hydrogen-bond acceptors (Lipinski definition) is 4. The molecule has 2 atom stereocenters. The van der Waals surface area contributed by atoms with Gasteiger partial charge < -0.3 is 25.7 Å². The van der Waals surface area contributed by atoms with E-state index in [-0.39, 0.29) is 23.7 Å². The molecule has 0 radical (unpaired) electrons. The lowest BCUT2D eigenvalue weighted by molar-refractivity contribution is 0.0674. The molecule has 0 bridgehead atoms. The monoisotopic (exact) mass is 474 g/mol. The van der Waals surface area contributed by atoms with Gasteiger partial charge in [0.05, 0.1) is 18.2 Å². The minimum absolute atomic E-state index is 0.0322. The summed E-state index contributed by atoms with van der Waals surface area (Å²) in [7, 11) is 1.41. The summed E-state index contributed by atoms with van der Waals surface area (Å²) in [5.74, 6) is -0.986. The zero-order valence-corrected chi connectivity index (χ0v) is 19.8. The highest BCUT2D eigenvalue weighted by Gasteiger charge is 2.26. The minimum Gasteiger partial charge on any atom is -0.494 e. The van der Waals surface area contributed by atoms with Gasteiger partial charge in [-0.15, -0.1) is 0 Å². The van der Waals surface area contributed by atoms with Gasteiger partial charge in [-0.3, -0.25) is 9.59 Å². The summed E-state index contributed by atoms with van der Waals surface area (Å²) in [5, 5.41) is 5.05. The summed E-state index contributed by atoms with van der Waals surface area (Å²) in [4.78, 5) is 30.7. The van der Waals surface area contributed by atoms with Crippen LogP contribution in [-0.2, 0) is 0 Å². The summed E-state index contributed by atoms with van der Waals surface area (Å²) in [6.07, 6.45) is 0. The van der Waals surface area contributed by atoms with Crippen molar-refractivity contribution in [3.05, 3.63) is 65.5 Å². The first-order valence-corrected chi connectivity index (χ1v) is 11.5. The third kappa shape index (κ3) is 4.10. The number of nitrogens with two attached hydrogens (primary N) is 1. The second-order valence-electron chi connectivity index (χ2n) is 9.22. The van der Waals surface area contributed by atoms with Crippen molar-refractivity contribution in [2.45, 2.75) is 25.9 Å². The predicted molar refractivity (Wildman–Crippen MR) is 134 cm³/mol. The first kappa shape index (κ1) is 22.9. The Morgan fingerprint density at radius 3 is 2.40 bits per heavy atom. The molecule has 1 aliphatic heterocycles. The number of halogens is 1. The van der Waals surface area contributed by atoms with E-state index in [1.54, 1.807) is 24.3 Å². The number of rotatable bonds is 4. The Morgan fingerprint density at radius 2 is 1.74 bits per heavy atom. The average molecular weight is 475 g/mol. The molecule has 2 amide bonds. The number of nitrogens with zero attached hydrogens (tertiary/aromatic N) is 1. The van der Waals surface area contributed by atoms with Gasteiger partial charge in [-0.25, -0.2) is 4.39 Å². The van der Waals surface area contributed by atoms with Crippen molar-refractivity contribution < 1.29 is 18.7 Å². The smallest absolute Gasteiger partial charge is 0.254 e. The summed E-state index contributed by atoms with van der Waals surface area (Å²) in [5.41, 5.74) is 9.12. The maximum absolute atomic E-state index is 14.4. The Kier molecular flexibility index (Phi) is 5.68. The van der Waals surface area contributed by atoms with Crippen molar-refractivity contribution in [1.82, 2.24) is 15.2 Å². The number of nitrogens with one attached hydrogen (secondary N) is 2. The summed E-state index contributed by atoms with van der Waals surface area (Å²) < 4.78 is 19.4. The summed E-state index contributed by atoms with van der Waals surface area (Å²) in [6.45, 7) is 5.41. The molecule has 1 fully saturated rings. The molecule has 1 aromatic heterocycles. The molecular weight excluding hydrogens is 447 g/mol. The molecule has 8 heteroatoms. The average Bonchev–Trinajstić information content (AvgIpc) is 3.19.